The molecule has 6 N–H and O–H groups in total. The average molecular weight is 903 g/mol. The Bertz CT molecular complexity index is 1950. The maximum Gasteiger partial charge on any atom is 0.274 e. The van der Waals surface area contributed by atoms with Gasteiger partial charge in [0.25, 0.3) is 15.6 Å². The Hall–Kier alpha value is -3.23. The third-order valence-corrected chi connectivity index (χ3v) is 11.6. The van der Waals surface area contributed by atoms with E-state index in [0.717, 1.165) is 29.0 Å². The largest absolute Gasteiger partial charge is 0.790 e. The minimum absolute atomic E-state index is 0.0318. The van der Waals surface area contributed by atoms with Crippen LogP contribution in [0.1, 0.15) is 45.8 Å². The highest BCUT2D eigenvalue weighted by Crippen LogP contribution is 2.56. The molecule has 0 radical (unpaired) electrons. The minimum atomic E-state index is -5.93. The summed E-state index contributed by atoms with van der Waals surface area (Å²) in [6, 6.07) is 0. The van der Waals surface area contributed by atoms with E-state index in [4.69, 9.17) is 10.5 Å². The molecule has 3 rings (SSSR count). The Balaban J connectivity index is 1.45. The second-order valence-electron chi connectivity index (χ2n) is 12.8. The molecule has 30 heteroatoms. The van der Waals surface area contributed by atoms with Crippen molar-refractivity contribution < 1.29 is 90.4 Å². The highest BCUT2D eigenvalue weighted by Gasteiger charge is 2.47. The summed E-state index contributed by atoms with van der Waals surface area (Å²) < 4.78 is 60.4. The van der Waals surface area contributed by atoms with Gasteiger partial charge in [0, 0.05) is 36.6 Å². The van der Waals surface area contributed by atoms with Crippen LogP contribution in [0.15, 0.2) is 24.8 Å². The number of aromatic nitrogens is 4. The predicted octanol–water partition coefficient (Wildman–Crippen LogP) is -4.39. The second-order valence-corrected chi connectivity index (χ2v) is 18.0. The van der Waals surface area contributed by atoms with Crippen LogP contribution in [0.5, 0.6) is 0 Å². The van der Waals surface area contributed by atoms with Gasteiger partial charge in [0.15, 0.2) is 17.7 Å². The maximum atomic E-state index is 12.5. The quantitative estimate of drug-likeness (QED) is 0.0377. The summed E-state index contributed by atoms with van der Waals surface area (Å²) in [5.74, 6) is -2.62. The first kappa shape index (κ1) is 49.1. The molecule has 2 aromatic rings. The van der Waals surface area contributed by atoms with Crippen LogP contribution in [0.3, 0.4) is 0 Å². The Kier molecular flexibility index (Phi) is 18.1. The van der Waals surface area contributed by atoms with Gasteiger partial charge in [-0.2, -0.15) is 0 Å². The fourth-order valence-corrected chi connectivity index (χ4v) is 8.18. The topological polar surface area (TPSA) is 415 Å². The number of rotatable bonds is 24. The number of hydrogen-bond acceptors (Lipinski definition) is 24. The Labute approximate surface area is 333 Å². The van der Waals surface area contributed by atoms with E-state index >= 15 is 0 Å². The summed E-state index contributed by atoms with van der Waals surface area (Å²) in [5.41, 5.74) is 4.01. The summed E-state index contributed by atoms with van der Waals surface area (Å²) >= 11 is 0.907. The number of imidazole rings is 1. The number of ether oxygens (including phenoxy) is 1. The molecule has 1 fully saturated rings. The van der Waals surface area contributed by atoms with Crippen LogP contribution in [0.2, 0.25) is 0 Å². The normalized spacial score (nSPS) is 21.4. The number of aliphatic hydroxyl groups excluding tert-OH is 2. The van der Waals surface area contributed by atoms with E-state index < -0.39 is 90.5 Å². The molecule has 326 valence electrons. The molecular weight excluding hydrogens is 863 g/mol. The van der Waals surface area contributed by atoms with Gasteiger partial charge in [0.2, 0.25) is 16.9 Å². The zero-order valence-electron chi connectivity index (χ0n) is 30.5. The summed E-state index contributed by atoms with van der Waals surface area (Å²) in [6.07, 6.45) is -4.35. The molecule has 7 atom stereocenters. The van der Waals surface area contributed by atoms with Gasteiger partial charge in [0.05, 0.1) is 27.4 Å². The second kappa shape index (κ2) is 21.3. The molecule has 0 aliphatic carbocycles. The Morgan fingerprint density at radius 3 is 2.43 bits per heavy atom. The first-order chi connectivity index (χ1) is 26.9. The number of carboxylic acids is 1. The SMILES string of the molecule is CC(C)(COP(=O)([O-])OP(=O)([O-])OC[C@H]1O[C@@H](n2cnc3c(N)ncnc32)[C@H](O)[C@@H]1OP(=O)([O-])[O-])[C@@H](O)C(=O)NCCC(=O)NCCSC(=O)/C=C/CCCC(=O)[O-]. The lowest BCUT2D eigenvalue weighted by molar-refractivity contribution is -0.347. The number of hydrogen-bond donors (Lipinski definition) is 5. The van der Waals surface area contributed by atoms with Crippen molar-refractivity contribution >= 4 is 75.1 Å². The number of aliphatic carboxylic acids is 1. The van der Waals surface area contributed by atoms with Gasteiger partial charge in [-0.25, -0.2) is 19.3 Å². The third kappa shape index (κ3) is 15.7. The maximum absolute atomic E-state index is 12.5. The third-order valence-electron chi connectivity index (χ3n) is 7.73. The van der Waals surface area contributed by atoms with Gasteiger partial charge in [-0.15, -0.1) is 0 Å². The van der Waals surface area contributed by atoms with Crippen LogP contribution in [0.25, 0.3) is 11.2 Å². The average Bonchev–Trinajstić information content (AvgIpc) is 3.67. The Morgan fingerprint density at radius 2 is 1.76 bits per heavy atom. The van der Waals surface area contributed by atoms with Gasteiger partial charge in [-0.3, -0.25) is 28.1 Å². The molecule has 58 heavy (non-hydrogen) atoms. The van der Waals surface area contributed by atoms with E-state index in [-0.39, 0.29) is 53.8 Å². The number of unbranched alkanes of at least 4 members (excludes halogenated alkanes) is 1. The number of carboxylic acid groups (broad SMARTS) is 1. The molecule has 3 heterocycles. The van der Waals surface area contributed by atoms with Crippen molar-refractivity contribution in [3.05, 3.63) is 24.8 Å². The van der Waals surface area contributed by atoms with E-state index in [9.17, 15) is 67.8 Å². The van der Waals surface area contributed by atoms with Crippen LogP contribution >= 0.6 is 35.2 Å². The zero-order valence-corrected chi connectivity index (χ0v) is 34.0. The van der Waals surface area contributed by atoms with Gasteiger partial charge in [0.1, 0.15) is 36.3 Å². The standard InChI is InChI=1S/C28H44N7O19P3S/c1-28(2,23(41)26(42)31-9-8-17(36)30-10-11-58-19(39)7-5-3-4-6-18(37)38)13-51-57(48,49)54-56(46,47)50-12-16-22(53-55(43,44)45)21(40)27(52-16)35-15-34-20-24(29)32-14-33-25(20)35/h5,7,14-16,21-23,27,40-41H,3-4,6,8-13H2,1-2H3,(H,30,36)(H,31,42)(H,37,38)(H,46,47)(H,48,49)(H2,29,32,33)(H2,43,44,45)/p-5/b7-5+/t16-,21-,22-,23+,27-/m1/s1. The fourth-order valence-electron chi connectivity index (χ4n) is 4.85. The molecule has 26 nitrogen and oxygen atoms in total. The number of carbonyl (C=O) groups excluding carboxylic acids is 4. The van der Waals surface area contributed by atoms with Gasteiger partial charge in [-0.1, -0.05) is 31.7 Å². The van der Waals surface area contributed by atoms with Crippen molar-refractivity contribution in [3.63, 3.8) is 0 Å². The van der Waals surface area contributed by atoms with Crippen molar-refractivity contribution in [2.24, 2.45) is 5.41 Å². The molecule has 1 saturated heterocycles. The first-order valence-corrected chi connectivity index (χ1v) is 22.1. The number of allylic oxidation sites excluding steroid dienone is 1. The zero-order chi connectivity index (χ0) is 43.5. The van der Waals surface area contributed by atoms with E-state index in [1.165, 1.54) is 26.0 Å². The molecular formula is C28H39N7O19P3S-5. The number of nitrogen functional groups attached to an aromatic ring is 1. The van der Waals surface area contributed by atoms with Gasteiger partial charge < -0.3 is 78.9 Å². The van der Waals surface area contributed by atoms with E-state index in [1.807, 2.05) is 0 Å². The molecule has 2 aromatic heterocycles. The minimum Gasteiger partial charge on any atom is -0.790 e. The number of nitrogens with one attached hydrogen (secondary N) is 2. The van der Waals surface area contributed by atoms with Crippen LogP contribution in [0, 0.1) is 5.41 Å². The van der Waals surface area contributed by atoms with Gasteiger partial charge in [-0.05, 0) is 25.3 Å². The number of amides is 2. The number of phosphoric acid groups is 3. The van der Waals surface area contributed by atoms with Crippen LogP contribution < -0.4 is 41.0 Å². The summed E-state index contributed by atoms with van der Waals surface area (Å²) in [4.78, 5) is 106. The molecule has 0 saturated carbocycles. The predicted molar refractivity (Wildman–Crippen MR) is 186 cm³/mol. The lowest BCUT2D eigenvalue weighted by Crippen LogP contribution is -2.46. The summed E-state index contributed by atoms with van der Waals surface area (Å²) in [5, 5.41) is 36.1. The lowest BCUT2D eigenvalue weighted by Gasteiger charge is -2.36. The van der Waals surface area contributed by atoms with Crippen molar-refractivity contribution in [1.82, 2.24) is 30.2 Å². The lowest BCUT2D eigenvalue weighted by atomic mass is 9.87. The van der Waals surface area contributed by atoms with Crippen LogP contribution in [0.4, 0.5) is 5.82 Å². The highest BCUT2D eigenvalue weighted by atomic mass is 32.2. The van der Waals surface area contributed by atoms with Crippen molar-refractivity contribution in [1.29, 1.82) is 0 Å². The summed E-state index contributed by atoms with van der Waals surface area (Å²) in [6.45, 7) is -0.128. The fraction of sp³-hybridized carbons (Fsp3) is 0.607. The molecule has 0 aromatic carbocycles. The Morgan fingerprint density at radius 1 is 1.07 bits per heavy atom. The highest BCUT2D eigenvalue weighted by molar-refractivity contribution is 8.14. The number of carbonyl (C=O) groups is 4. The van der Waals surface area contributed by atoms with E-state index in [2.05, 4.69) is 43.5 Å². The number of phosphoric ester groups is 3. The smallest absolute Gasteiger partial charge is 0.274 e. The molecule has 1 aliphatic heterocycles. The molecule has 2 unspecified atom stereocenters. The van der Waals surface area contributed by atoms with E-state index in [1.54, 1.807) is 0 Å². The number of anilines is 1. The van der Waals surface area contributed by atoms with Crippen molar-refractivity contribution in [2.45, 2.75) is 70.2 Å². The number of nitrogens with two attached hydrogens (primary N) is 1. The number of thioether (sulfide) groups is 1. The molecule has 0 spiro atoms. The molecule has 2 amide bonds. The molecule has 0 bridgehead atoms. The van der Waals surface area contributed by atoms with Gasteiger partial charge >= 0.3 is 0 Å². The number of fused-ring (bicyclic) bond motifs is 1. The van der Waals surface area contributed by atoms with Crippen molar-refractivity contribution in [2.75, 3.05) is 37.8 Å². The summed E-state index contributed by atoms with van der Waals surface area (Å²) in [7, 11) is -17.6. The number of nitrogens with zero attached hydrogens (tertiary/aromatic N) is 4. The number of aliphatic hydroxyl groups is 2. The van der Waals surface area contributed by atoms with Crippen LogP contribution in [-0.2, 0) is 55.5 Å². The monoisotopic (exact) mass is 902 g/mol. The van der Waals surface area contributed by atoms with Crippen molar-refractivity contribution in [3.8, 4) is 0 Å². The van der Waals surface area contributed by atoms with Crippen LogP contribution in [-0.4, -0.2) is 109 Å². The molecule has 1 aliphatic rings. The van der Waals surface area contributed by atoms with E-state index in [0.29, 0.717) is 12.8 Å². The first-order valence-electron chi connectivity index (χ1n) is 16.8.